The van der Waals surface area contributed by atoms with E-state index in [1.165, 1.54) is 12.1 Å². The second-order valence-corrected chi connectivity index (χ2v) is 4.73. The highest BCUT2D eigenvalue weighted by molar-refractivity contribution is 5.94. The minimum atomic E-state index is -5.72. The van der Waals surface area contributed by atoms with Crippen LogP contribution in [0.4, 0.5) is 22.0 Å². The minimum Gasteiger partial charge on any atom is -0.472 e. The number of oxime groups is 1. The molecule has 0 aliphatic carbocycles. The minimum absolute atomic E-state index is 0.134. The van der Waals surface area contributed by atoms with Gasteiger partial charge in [0, 0.05) is 11.1 Å². The van der Waals surface area contributed by atoms with Crippen molar-refractivity contribution in [1.29, 1.82) is 0 Å². The number of ether oxygens (including phenoxy) is 1. The number of amides is 1. The second kappa shape index (κ2) is 6.01. The maximum absolute atomic E-state index is 12.8. The highest BCUT2D eigenvalue weighted by Crippen LogP contribution is 2.36. The monoisotopic (exact) mass is 338 g/mol. The summed E-state index contributed by atoms with van der Waals surface area (Å²) in [5, 5.41) is 3.32. The molecule has 0 spiro atoms. The lowest BCUT2D eigenvalue weighted by molar-refractivity contribution is -0.291. The predicted octanol–water partition coefficient (Wildman–Crippen LogP) is 2.77. The molecule has 2 N–H and O–H groups in total. The van der Waals surface area contributed by atoms with Crippen LogP contribution in [0.3, 0.4) is 0 Å². The molecule has 5 nitrogen and oxygen atoms in total. The highest BCUT2D eigenvalue weighted by Gasteiger charge is 2.58. The number of carbonyl (C=O) groups excluding carboxylic acids is 1. The fourth-order valence-electron chi connectivity index (χ4n) is 1.87. The first-order chi connectivity index (χ1) is 10.6. The van der Waals surface area contributed by atoms with Crippen molar-refractivity contribution in [3.63, 3.8) is 0 Å². The van der Waals surface area contributed by atoms with Crippen molar-refractivity contribution in [2.24, 2.45) is 10.9 Å². The number of carbonyl (C=O) groups is 1. The number of benzene rings is 1. The maximum Gasteiger partial charge on any atom is 0.456 e. The summed E-state index contributed by atoms with van der Waals surface area (Å²) in [6.07, 6.45) is -6.77. The molecular weight excluding hydrogens is 327 g/mol. The molecule has 1 unspecified atom stereocenters. The smallest absolute Gasteiger partial charge is 0.456 e. The van der Waals surface area contributed by atoms with Gasteiger partial charge in [-0.25, -0.2) is 0 Å². The van der Waals surface area contributed by atoms with Crippen molar-refractivity contribution in [2.45, 2.75) is 24.6 Å². The molecule has 1 aliphatic heterocycles. The third-order valence-electron chi connectivity index (χ3n) is 3.05. The van der Waals surface area contributed by atoms with Gasteiger partial charge in [-0.2, -0.15) is 22.0 Å². The summed E-state index contributed by atoms with van der Waals surface area (Å²) in [6.45, 7) is -1.90. The lowest BCUT2D eigenvalue weighted by atomic mass is 10.00. The number of halogens is 5. The van der Waals surface area contributed by atoms with Crippen molar-refractivity contribution in [3.05, 3.63) is 35.4 Å². The van der Waals surface area contributed by atoms with Crippen molar-refractivity contribution >= 4 is 11.8 Å². The average molecular weight is 338 g/mol. The summed E-state index contributed by atoms with van der Waals surface area (Å²) in [4.78, 5) is 16.2. The van der Waals surface area contributed by atoms with Crippen LogP contribution < -0.4 is 5.73 Å². The van der Waals surface area contributed by atoms with Gasteiger partial charge in [-0.05, 0) is 6.07 Å². The summed E-state index contributed by atoms with van der Waals surface area (Å²) < 4.78 is 66.0. The molecule has 126 valence electrons. The molecule has 1 heterocycles. The van der Waals surface area contributed by atoms with Gasteiger partial charge < -0.3 is 15.3 Å². The molecule has 1 aromatic carbocycles. The Morgan fingerprint density at radius 3 is 2.57 bits per heavy atom. The van der Waals surface area contributed by atoms with Gasteiger partial charge in [-0.15, -0.1) is 0 Å². The second-order valence-electron chi connectivity index (χ2n) is 4.73. The Morgan fingerprint density at radius 1 is 1.30 bits per heavy atom. The molecule has 1 aromatic rings. The molecule has 0 bridgehead atoms. The topological polar surface area (TPSA) is 73.9 Å². The van der Waals surface area contributed by atoms with Gasteiger partial charge in [-0.3, -0.25) is 4.79 Å². The zero-order chi connectivity index (χ0) is 17.3. The van der Waals surface area contributed by atoms with Crippen LogP contribution in [0.1, 0.15) is 28.4 Å². The fraction of sp³-hybridized carbons (Fsp3) is 0.385. The lowest BCUT2D eigenvalue weighted by Crippen LogP contribution is -2.41. The summed E-state index contributed by atoms with van der Waals surface area (Å²) >= 11 is 0. The maximum atomic E-state index is 12.8. The van der Waals surface area contributed by atoms with E-state index >= 15 is 0 Å². The normalized spacial score (nSPS) is 18.3. The van der Waals surface area contributed by atoms with Crippen LogP contribution in [0, 0.1) is 0 Å². The van der Waals surface area contributed by atoms with E-state index in [0.29, 0.717) is 5.56 Å². The number of hydrogen-bond acceptors (Lipinski definition) is 4. The van der Waals surface area contributed by atoms with Crippen molar-refractivity contribution in [2.75, 3.05) is 6.61 Å². The average Bonchev–Trinajstić information content (AvgIpc) is 2.93. The fourth-order valence-corrected chi connectivity index (χ4v) is 1.87. The van der Waals surface area contributed by atoms with Crippen LogP contribution >= 0.6 is 0 Å². The zero-order valence-corrected chi connectivity index (χ0v) is 11.4. The Balaban J connectivity index is 2.01. The Kier molecular flexibility index (Phi) is 4.44. The summed E-state index contributed by atoms with van der Waals surface area (Å²) in [5.41, 5.74) is 5.66. The van der Waals surface area contributed by atoms with E-state index in [9.17, 15) is 26.7 Å². The van der Waals surface area contributed by atoms with Gasteiger partial charge in [0.15, 0.2) is 12.7 Å². The molecule has 0 saturated heterocycles. The van der Waals surface area contributed by atoms with Gasteiger partial charge in [0.2, 0.25) is 11.8 Å². The van der Waals surface area contributed by atoms with E-state index in [4.69, 9.17) is 10.6 Å². The van der Waals surface area contributed by atoms with Crippen molar-refractivity contribution < 1.29 is 36.3 Å². The number of primary amides is 1. The van der Waals surface area contributed by atoms with Crippen LogP contribution in [-0.4, -0.2) is 30.5 Å². The molecule has 1 aliphatic rings. The Morgan fingerprint density at radius 2 is 1.96 bits per heavy atom. The Hall–Kier alpha value is -2.39. The number of hydrogen-bond donors (Lipinski definition) is 1. The molecule has 0 radical (unpaired) electrons. The van der Waals surface area contributed by atoms with Gasteiger partial charge in [0.25, 0.3) is 0 Å². The zero-order valence-electron chi connectivity index (χ0n) is 11.4. The van der Waals surface area contributed by atoms with E-state index in [1.807, 2.05) is 0 Å². The predicted molar refractivity (Wildman–Crippen MR) is 67.8 cm³/mol. The van der Waals surface area contributed by atoms with Gasteiger partial charge in [-0.1, -0.05) is 23.4 Å². The SMILES string of the molecule is NC(=O)c1ccccc1C1CC(OCC(F)(F)C(F)(F)F)=NO1. The first-order valence-electron chi connectivity index (χ1n) is 6.30. The first-order valence-corrected chi connectivity index (χ1v) is 6.30. The highest BCUT2D eigenvalue weighted by atomic mass is 19.4. The van der Waals surface area contributed by atoms with Crippen LogP contribution in [0.25, 0.3) is 0 Å². The van der Waals surface area contributed by atoms with E-state index < -0.39 is 36.6 Å². The summed E-state index contributed by atoms with van der Waals surface area (Å²) in [5.74, 6) is -6.15. The molecule has 0 fully saturated rings. The molecular formula is C13H11F5N2O3. The quantitative estimate of drug-likeness (QED) is 0.858. The third kappa shape index (κ3) is 3.69. The lowest BCUT2D eigenvalue weighted by Gasteiger charge is -2.19. The van der Waals surface area contributed by atoms with Crippen LogP contribution in [0.15, 0.2) is 29.4 Å². The van der Waals surface area contributed by atoms with Gasteiger partial charge in [0.05, 0.1) is 6.42 Å². The number of alkyl halides is 5. The Bertz CT molecular complexity index is 630. The van der Waals surface area contributed by atoms with E-state index in [0.717, 1.165) is 0 Å². The summed E-state index contributed by atoms with van der Waals surface area (Å²) in [7, 11) is 0. The number of nitrogens with two attached hydrogens (primary N) is 1. The van der Waals surface area contributed by atoms with E-state index in [2.05, 4.69) is 9.89 Å². The van der Waals surface area contributed by atoms with Gasteiger partial charge in [0.1, 0.15) is 0 Å². The Labute approximate surface area is 126 Å². The molecule has 0 saturated carbocycles. The van der Waals surface area contributed by atoms with Crippen LogP contribution in [0.2, 0.25) is 0 Å². The van der Waals surface area contributed by atoms with Crippen molar-refractivity contribution in [1.82, 2.24) is 0 Å². The van der Waals surface area contributed by atoms with E-state index in [1.54, 1.807) is 12.1 Å². The van der Waals surface area contributed by atoms with Crippen LogP contribution in [-0.2, 0) is 9.57 Å². The molecule has 10 heteroatoms. The van der Waals surface area contributed by atoms with Crippen LogP contribution in [0.5, 0.6) is 0 Å². The molecule has 0 aromatic heterocycles. The molecule has 2 rings (SSSR count). The number of nitrogens with zero attached hydrogens (tertiary/aromatic N) is 1. The van der Waals surface area contributed by atoms with Crippen molar-refractivity contribution in [3.8, 4) is 0 Å². The molecule has 1 amide bonds. The van der Waals surface area contributed by atoms with Gasteiger partial charge >= 0.3 is 12.1 Å². The third-order valence-corrected chi connectivity index (χ3v) is 3.05. The van der Waals surface area contributed by atoms with E-state index in [-0.39, 0.29) is 12.0 Å². The first kappa shape index (κ1) is 17.0. The summed E-state index contributed by atoms with van der Waals surface area (Å²) in [6, 6.07) is 6.08. The largest absolute Gasteiger partial charge is 0.472 e. The number of rotatable bonds is 4. The molecule has 23 heavy (non-hydrogen) atoms. The standard InChI is InChI=1S/C13H11F5N2O3/c14-12(15,13(16,17)18)6-22-10-5-9(23-20-10)7-3-1-2-4-8(7)11(19)21/h1-4,9H,5-6H2,(H2,19,21). The molecule has 1 atom stereocenters.